The Morgan fingerprint density at radius 3 is 1.86 bits per heavy atom. The zero-order chi connectivity index (χ0) is 29.3. The van der Waals surface area contributed by atoms with Gasteiger partial charge < -0.3 is 9.30 Å². The lowest BCUT2D eigenvalue weighted by Gasteiger charge is -2.37. The molecule has 0 fully saturated rings. The number of ether oxygens (including phenoxy) is 1. The van der Waals surface area contributed by atoms with E-state index in [4.69, 9.17) is 9.72 Å². The third-order valence-corrected chi connectivity index (χ3v) is 8.15. The van der Waals surface area contributed by atoms with Gasteiger partial charge in [-0.1, -0.05) is 110 Å². The molecule has 2 heterocycles. The number of imidazole rings is 1. The molecule has 1 aliphatic rings. The first kappa shape index (κ1) is 27.5. The number of nitrogens with zero attached hydrogens (tertiary/aromatic N) is 3. The van der Waals surface area contributed by atoms with E-state index in [1.165, 1.54) is 11.1 Å². The van der Waals surface area contributed by atoms with Crippen molar-refractivity contribution in [3.05, 3.63) is 155 Å². The van der Waals surface area contributed by atoms with Crippen molar-refractivity contribution in [2.24, 2.45) is 0 Å². The normalized spacial score (nSPS) is 14.0. The Kier molecular flexibility index (Phi) is 7.19. The molecule has 1 amide bonds. The molecular weight excluding hydrogens is 518 g/mol. The average Bonchev–Trinajstić information content (AvgIpc) is 3.67. The van der Waals surface area contributed by atoms with Crippen molar-refractivity contribution >= 4 is 11.8 Å². The highest BCUT2D eigenvalue weighted by Crippen LogP contribution is 2.42. The van der Waals surface area contributed by atoms with Crippen molar-refractivity contribution < 1.29 is 9.53 Å². The fourth-order valence-electron chi connectivity index (χ4n) is 6.26. The monoisotopic (exact) mass is 555 g/mol. The molecule has 0 radical (unpaired) electrons. The van der Waals surface area contributed by atoms with Crippen molar-refractivity contribution in [2.75, 3.05) is 11.4 Å². The number of carbonyl (C=O) groups excluding carboxylic acids is 1. The van der Waals surface area contributed by atoms with E-state index in [2.05, 4.69) is 115 Å². The smallest absolute Gasteiger partial charge is 0.414 e. The van der Waals surface area contributed by atoms with Crippen LogP contribution >= 0.6 is 0 Å². The summed E-state index contributed by atoms with van der Waals surface area (Å²) in [4.78, 5) is 19.8. The van der Waals surface area contributed by atoms with E-state index in [1.54, 1.807) is 4.90 Å². The number of amides is 1. The van der Waals surface area contributed by atoms with Crippen LogP contribution in [0.2, 0.25) is 0 Å². The Labute approximate surface area is 248 Å². The number of carbonyl (C=O) groups is 1. The molecule has 1 unspecified atom stereocenters. The maximum atomic E-state index is 13.0. The minimum absolute atomic E-state index is 0.0276. The highest BCUT2D eigenvalue weighted by molar-refractivity contribution is 5.91. The Balaban J connectivity index is 1.44. The molecule has 0 saturated carbocycles. The Morgan fingerprint density at radius 2 is 1.33 bits per heavy atom. The number of benzene rings is 4. The maximum Gasteiger partial charge on any atom is 0.414 e. The van der Waals surface area contributed by atoms with Gasteiger partial charge in [-0.2, -0.15) is 0 Å². The van der Waals surface area contributed by atoms with Gasteiger partial charge in [0.15, 0.2) is 0 Å². The highest BCUT2D eigenvalue weighted by atomic mass is 16.6. The van der Waals surface area contributed by atoms with E-state index in [9.17, 15) is 4.79 Å². The molecule has 212 valence electrons. The summed E-state index contributed by atoms with van der Waals surface area (Å²) in [6.45, 7) is 8.51. The van der Waals surface area contributed by atoms with Gasteiger partial charge in [0.2, 0.25) is 0 Å². The van der Waals surface area contributed by atoms with Gasteiger partial charge in [-0.3, -0.25) is 4.90 Å². The molecule has 0 aliphatic carbocycles. The fourth-order valence-corrected chi connectivity index (χ4v) is 6.26. The van der Waals surface area contributed by atoms with Crippen LogP contribution in [-0.4, -0.2) is 27.8 Å². The number of rotatable bonds is 6. The van der Waals surface area contributed by atoms with Crippen LogP contribution in [0, 0.1) is 0 Å². The first-order chi connectivity index (χ1) is 20.3. The predicted molar refractivity (Wildman–Crippen MR) is 168 cm³/mol. The molecule has 6 rings (SSSR count). The summed E-state index contributed by atoms with van der Waals surface area (Å²) in [7, 11) is 0. The number of fused-ring (bicyclic) bond motifs is 1. The zero-order valence-electron chi connectivity index (χ0n) is 24.7. The van der Waals surface area contributed by atoms with Gasteiger partial charge in [-0.15, -0.1) is 0 Å². The fraction of sp³-hybridized carbons (Fsp3) is 0.243. The number of aromatic nitrogens is 2. The van der Waals surface area contributed by atoms with E-state index in [-0.39, 0.29) is 12.0 Å². The second-order valence-electron chi connectivity index (χ2n) is 12.0. The predicted octanol–water partition coefficient (Wildman–Crippen LogP) is 8.17. The van der Waals surface area contributed by atoms with Crippen LogP contribution in [0.5, 0.6) is 0 Å². The molecule has 0 bridgehead atoms. The Bertz CT molecular complexity index is 1570. The molecule has 4 aromatic carbocycles. The average molecular weight is 556 g/mol. The molecule has 0 N–H and O–H groups in total. The topological polar surface area (TPSA) is 47.4 Å². The Hall–Kier alpha value is -4.64. The van der Waals surface area contributed by atoms with E-state index in [0.29, 0.717) is 6.54 Å². The van der Waals surface area contributed by atoms with Crippen LogP contribution in [0.3, 0.4) is 0 Å². The Morgan fingerprint density at radius 1 is 0.786 bits per heavy atom. The quantitative estimate of drug-likeness (QED) is 0.199. The van der Waals surface area contributed by atoms with Crippen LogP contribution < -0.4 is 4.90 Å². The van der Waals surface area contributed by atoms with Gasteiger partial charge in [-0.25, -0.2) is 9.78 Å². The SMILES string of the molecule is CC(c1cn(C(c2ccccc2)(c2ccccc2)c2ccccc2)cn1)c1cccc2c1CCN2C(=O)OC(C)(C)C. The standard InChI is InChI=1S/C37H37N3O2/c1-27(31-21-14-22-34-32(31)23-24-40(34)35(41)42-36(2,3)4)33-25-39(26-38-33)37(28-15-8-5-9-16-28,29-17-10-6-11-18-29)30-19-12-7-13-20-30/h5-22,25-27H,23-24H2,1-4H3. The molecule has 1 atom stereocenters. The van der Waals surface area contributed by atoms with Crippen LogP contribution in [0.1, 0.15) is 67.1 Å². The third-order valence-electron chi connectivity index (χ3n) is 8.15. The molecule has 1 aliphatic heterocycles. The second-order valence-corrected chi connectivity index (χ2v) is 12.0. The largest absolute Gasteiger partial charge is 0.443 e. The summed E-state index contributed by atoms with van der Waals surface area (Å²) >= 11 is 0. The number of hydrogen-bond acceptors (Lipinski definition) is 3. The summed E-state index contributed by atoms with van der Waals surface area (Å²) in [6, 6.07) is 38.1. The molecule has 5 heteroatoms. The van der Waals surface area contributed by atoms with Crippen molar-refractivity contribution in [1.82, 2.24) is 9.55 Å². The zero-order valence-corrected chi connectivity index (χ0v) is 24.7. The first-order valence-electron chi connectivity index (χ1n) is 14.6. The highest BCUT2D eigenvalue weighted by Gasteiger charge is 2.39. The van der Waals surface area contributed by atoms with Crippen LogP contribution in [0.25, 0.3) is 0 Å². The van der Waals surface area contributed by atoms with Gasteiger partial charge in [0.25, 0.3) is 0 Å². The van der Waals surface area contributed by atoms with Crippen LogP contribution in [0.15, 0.2) is 122 Å². The lowest BCUT2D eigenvalue weighted by Crippen LogP contribution is -2.37. The maximum absolute atomic E-state index is 13.0. The third kappa shape index (κ3) is 4.89. The number of hydrogen-bond donors (Lipinski definition) is 0. The van der Waals surface area contributed by atoms with E-state index < -0.39 is 11.1 Å². The summed E-state index contributed by atoms with van der Waals surface area (Å²) in [5.41, 5.74) is 6.61. The molecule has 5 aromatic rings. The van der Waals surface area contributed by atoms with Gasteiger partial charge in [0, 0.05) is 18.7 Å². The lowest BCUT2D eigenvalue weighted by molar-refractivity contribution is 0.0584. The minimum Gasteiger partial charge on any atom is -0.443 e. The second kappa shape index (κ2) is 11.0. The van der Waals surface area contributed by atoms with Crippen LogP contribution in [0.4, 0.5) is 10.5 Å². The molecule has 5 nitrogen and oxygen atoms in total. The molecular formula is C37H37N3O2. The van der Waals surface area contributed by atoms with Gasteiger partial charge in [-0.05, 0) is 61.1 Å². The van der Waals surface area contributed by atoms with E-state index >= 15 is 0 Å². The summed E-state index contributed by atoms with van der Waals surface area (Å²) < 4.78 is 7.96. The first-order valence-corrected chi connectivity index (χ1v) is 14.6. The molecule has 1 aromatic heterocycles. The summed E-state index contributed by atoms with van der Waals surface area (Å²) in [5, 5.41) is 0. The van der Waals surface area contributed by atoms with Crippen LogP contribution in [-0.2, 0) is 16.7 Å². The van der Waals surface area contributed by atoms with Crippen molar-refractivity contribution in [2.45, 2.75) is 51.2 Å². The van der Waals surface area contributed by atoms with Crippen molar-refractivity contribution in [3.8, 4) is 0 Å². The molecule has 0 spiro atoms. The van der Waals surface area contributed by atoms with Gasteiger partial charge >= 0.3 is 6.09 Å². The summed E-state index contributed by atoms with van der Waals surface area (Å²) in [5.74, 6) is 0.0276. The lowest BCUT2D eigenvalue weighted by atomic mass is 9.76. The summed E-state index contributed by atoms with van der Waals surface area (Å²) in [6.07, 6.45) is 4.65. The van der Waals surface area contributed by atoms with Gasteiger partial charge in [0.1, 0.15) is 11.1 Å². The van der Waals surface area contributed by atoms with Crippen molar-refractivity contribution in [3.63, 3.8) is 0 Å². The van der Waals surface area contributed by atoms with Gasteiger partial charge in [0.05, 0.1) is 17.7 Å². The minimum atomic E-state index is -0.610. The van der Waals surface area contributed by atoms with E-state index in [0.717, 1.165) is 34.5 Å². The number of anilines is 1. The van der Waals surface area contributed by atoms with Crippen molar-refractivity contribution in [1.29, 1.82) is 0 Å². The molecule has 42 heavy (non-hydrogen) atoms. The van der Waals surface area contributed by atoms with E-state index in [1.807, 2.05) is 39.2 Å². The molecule has 0 saturated heterocycles.